The molecule has 0 bridgehead atoms. The molecular weight excluding hydrogens is 321 g/mol. The topological polar surface area (TPSA) is 54.5 Å². The molecule has 2 aromatic rings. The third-order valence-electron chi connectivity index (χ3n) is 4.51. The number of nitrogens with one attached hydrogen (secondary N) is 1. The van der Waals surface area contributed by atoms with Crippen LogP contribution in [0.25, 0.3) is 0 Å². The summed E-state index contributed by atoms with van der Waals surface area (Å²) in [5.74, 6) is -0.343. The largest absolute Gasteiger partial charge is 0.494 e. The van der Waals surface area contributed by atoms with E-state index in [1.54, 1.807) is 12.4 Å². The summed E-state index contributed by atoms with van der Waals surface area (Å²) in [6.45, 7) is 0.692. The van der Waals surface area contributed by atoms with Gasteiger partial charge in [-0.3, -0.25) is 4.98 Å². The Morgan fingerprint density at radius 3 is 2.80 bits per heavy atom. The number of anilines is 1. The average molecular weight is 343 g/mol. The standard InChI is InChI=1S/C19H22FN3O2/c1-25-18-13-15(6-7-16(18)20)22-19(24)23-12-4-2-3-5-17(23)14-8-10-21-11-9-14/h6-11,13,17H,2-5,12H2,1H3,(H,22,24)/t17-/m0/s1. The molecule has 0 aliphatic carbocycles. The Balaban J connectivity index is 1.80. The second-order valence-electron chi connectivity index (χ2n) is 6.12. The highest BCUT2D eigenvalue weighted by Gasteiger charge is 2.27. The number of hydrogen-bond acceptors (Lipinski definition) is 3. The number of hydrogen-bond donors (Lipinski definition) is 1. The van der Waals surface area contributed by atoms with Crippen molar-refractivity contribution in [3.05, 3.63) is 54.1 Å². The van der Waals surface area contributed by atoms with Gasteiger partial charge in [-0.05, 0) is 42.7 Å². The predicted molar refractivity (Wildman–Crippen MR) is 94.1 cm³/mol. The summed E-state index contributed by atoms with van der Waals surface area (Å²) in [4.78, 5) is 18.8. The third-order valence-corrected chi connectivity index (χ3v) is 4.51. The number of rotatable bonds is 3. The van der Waals surface area contributed by atoms with Crippen molar-refractivity contribution in [1.29, 1.82) is 0 Å². The Morgan fingerprint density at radius 2 is 2.04 bits per heavy atom. The number of urea groups is 1. The first-order valence-electron chi connectivity index (χ1n) is 8.50. The molecule has 0 saturated carbocycles. The van der Waals surface area contributed by atoms with E-state index in [2.05, 4.69) is 10.3 Å². The Hall–Kier alpha value is -2.63. The van der Waals surface area contributed by atoms with Crippen molar-refractivity contribution in [2.75, 3.05) is 19.0 Å². The summed E-state index contributed by atoms with van der Waals surface area (Å²) >= 11 is 0. The lowest BCUT2D eigenvalue weighted by Crippen LogP contribution is -2.38. The van der Waals surface area contributed by atoms with Crippen molar-refractivity contribution >= 4 is 11.7 Å². The maximum atomic E-state index is 13.5. The molecule has 1 aliphatic heterocycles. The van der Waals surface area contributed by atoms with Gasteiger partial charge < -0.3 is 15.0 Å². The minimum absolute atomic E-state index is 0.0212. The summed E-state index contributed by atoms with van der Waals surface area (Å²) in [5.41, 5.74) is 1.60. The van der Waals surface area contributed by atoms with Gasteiger partial charge in [0.25, 0.3) is 0 Å². The SMILES string of the molecule is COc1cc(NC(=O)N2CCCCC[C@H]2c2ccncc2)ccc1F. The van der Waals surface area contributed by atoms with Crippen LogP contribution in [0.3, 0.4) is 0 Å². The van der Waals surface area contributed by atoms with Gasteiger partial charge in [0.05, 0.1) is 13.2 Å². The van der Waals surface area contributed by atoms with Crippen LogP contribution in [0.2, 0.25) is 0 Å². The van der Waals surface area contributed by atoms with Crippen LogP contribution in [0.1, 0.15) is 37.3 Å². The number of carbonyl (C=O) groups is 1. The maximum absolute atomic E-state index is 13.5. The van der Waals surface area contributed by atoms with Crippen LogP contribution in [-0.2, 0) is 0 Å². The number of methoxy groups -OCH3 is 1. The van der Waals surface area contributed by atoms with E-state index in [9.17, 15) is 9.18 Å². The second-order valence-corrected chi connectivity index (χ2v) is 6.12. The molecule has 0 spiro atoms. The fraction of sp³-hybridized carbons (Fsp3) is 0.368. The highest BCUT2D eigenvalue weighted by Crippen LogP contribution is 2.30. The molecule has 2 heterocycles. The van der Waals surface area contributed by atoms with E-state index in [1.165, 1.54) is 25.3 Å². The van der Waals surface area contributed by atoms with Crippen LogP contribution in [0.5, 0.6) is 5.75 Å². The molecule has 1 aliphatic rings. The normalized spacial score (nSPS) is 17.7. The zero-order valence-corrected chi connectivity index (χ0v) is 14.2. The van der Waals surface area contributed by atoms with Gasteiger partial charge in [0.15, 0.2) is 11.6 Å². The summed E-state index contributed by atoms with van der Waals surface area (Å²) in [5, 5.41) is 2.87. The van der Waals surface area contributed by atoms with Crippen LogP contribution in [0.4, 0.5) is 14.9 Å². The van der Waals surface area contributed by atoms with Gasteiger partial charge in [0.2, 0.25) is 0 Å². The zero-order chi connectivity index (χ0) is 17.6. The van der Waals surface area contributed by atoms with Crippen LogP contribution in [0, 0.1) is 5.82 Å². The molecule has 6 heteroatoms. The predicted octanol–water partition coefficient (Wildman–Crippen LogP) is 4.38. The molecule has 5 nitrogen and oxygen atoms in total. The van der Waals surface area contributed by atoms with Gasteiger partial charge in [-0.2, -0.15) is 0 Å². The smallest absolute Gasteiger partial charge is 0.322 e. The fourth-order valence-electron chi connectivity index (χ4n) is 3.22. The number of carbonyl (C=O) groups excluding carboxylic acids is 1. The van der Waals surface area contributed by atoms with Gasteiger partial charge in [-0.25, -0.2) is 9.18 Å². The van der Waals surface area contributed by atoms with Crippen LogP contribution < -0.4 is 10.1 Å². The van der Waals surface area contributed by atoms with Crippen molar-refractivity contribution < 1.29 is 13.9 Å². The molecule has 2 amide bonds. The molecule has 25 heavy (non-hydrogen) atoms. The van der Waals surface area contributed by atoms with E-state index in [0.29, 0.717) is 12.2 Å². The van der Waals surface area contributed by atoms with Crippen LogP contribution in [-0.4, -0.2) is 29.6 Å². The molecule has 1 aromatic heterocycles. The van der Waals surface area contributed by atoms with E-state index < -0.39 is 5.82 Å². The number of benzene rings is 1. The summed E-state index contributed by atoms with van der Waals surface area (Å²) in [6.07, 6.45) is 7.59. The molecule has 1 atom stereocenters. The van der Waals surface area contributed by atoms with E-state index in [-0.39, 0.29) is 17.8 Å². The number of amides is 2. The van der Waals surface area contributed by atoms with Crippen molar-refractivity contribution in [1.82, 2.24) is 9.88 Å². The molecule has 0 radical (unpaired) electrons. The molecule has 0 unspecified atom stereocenters. The highest BCUT2D eigenvalue weighted by molar-refractivity contribution is 5.89. The van der Waals surface area contributed by atoms with Gasteiger partial charge in [-0.15, -0.1) is 0 Å². The lowest BCUT2D eigenvalue weighted by Gasteiger charge is -2.30. The number of pyridine rings is 1. The molecule has 1 N–H and O–H groups in total. The Labute approximate surface area is 146 Å². The number of ether oxygens (including phenoxy) is 1. The van der Waals surface area contributed by atoms with Crippen molar-refractivity contribution in [3.63, 3.8) is 0 Å². The zero-order valence-electron chi connectivity index (χ0n) is 14.2. The molecule has 1 saturated heterocycles. The number of halogens is 1. The van der Waals surface area contributed by atoms with Gasteiger partial charge >= 0.3 is 6.03 Å². The van der Waals surface area contributed by atoms with Crippen molar-refractivity contribution in [2.24, 2.45) is 0 Å². The number of aromatic nitrogens is 1. The fourth-order valence-corrected chi connectivity index (χ4v) is 3.22. The lowest BCUT2D eigenvalue weighted by molar-refractivity contribution is 0.189. The average Bonchev–Trinajstić information content (AvgIpc) is 2.90. The Bertz CT molecular complexity index is 724. The quantitative estimate of drug-likeness (QED) is 0.900. The Kier molecular flexibility index (Phi) is 5.48. The maximum Gasteiger partial charge on any atom is 0.322 e. The summed E-state index contributed by atoms with van der Waals surface area (Å²) in [7, 11) is 1.40. The van der Waals surface area contributed by atoms with E-state index in [0.717, 1.165) is 31.2 Å². The number of nitrogens with zero attached hydrogens (tertiary/aromatic N) is 2. The highest BCUT2D eigenvalue weighted by atomic mass is 19.1. The molecule has 3 rings (SSSR count). The van der Waals surface area contributed by atoms with Gasteiger partial charge in [0.1, 0.15) is 0 Å². The van der Waals surface area contributed by atoms with Gasteiger partial charge in [0, 0.05) is 30.7 Å². The van der Waals surface area contributed by atoms with Crippen LogP contribution in [0.15, 0.2) is 42.7 Å². The van der Waals surface area contributed by atoms with E-state index >= 15 is 0 Å². The summed E-state index contributed by atoms with van der Waals surface area (Å²) < 4.78 is 18.5. The molecule has 132 valence electrons. The summed E-state index contributed by atoms with van der Waals surface area (Å²) in [6, 6.07) is 8.07. The Morgan fingerprint density at radius 1 is 1.24 bits per heavy atom. The number of likely N-dealkylation sites (tertiary alicyclic amines) is 1. The van der Waals surface area contributed by atoms with E-state index in [4.69, 9.17) is 4.74 Å². The third kappa shape index (κ3) is 4.07. The minimum Gasteiger partial charge on any atom is -0.494 e. The van der Waals surface area contributed by atoms with E-state index in [1.807, 2.05) is 17.0 Å². The van der Waals surface area contributed by atoms with Crippen molar-refractivity contribution in [2.45, 2.75) is 31.7 Å². The first kappa shape index (κ1) is 17.2. The first-order chi connectivity index (χ1) is 12.2. The monoisotopic (exact) mass is 343 g/mol. The van der Waals surface area contributed by atoms with Gasteiger partial charge in [-0.1, -0.05) is 12.8 Å². The first-order valence-corrected chi connectivity index (χ1v) is 8.50. The second kappa shape index (κ2) is 7.96. The minimum atomic E-state index is -0.454. The molecule has 1 aromatic carbocycles. The van der Waals surface area contributed by atoms with Crippen molar-refractivity contribution in [3.8, 4) is 5.75 Å². The molecular formula is C19H22FN3O2. The molecule has 1 fully saturated rings. The lowest BCUT2D eigenvalue weighted by atomic mass is 10.0. The van der Waals surface area contributed by atoms with Crippen LogP contribution >= 0.6 is 0 Å².